The molecule has 124 valence electrons. The van der Waals surface area contributed by atoms with Crippen LogP contribution in [0.2, 0.25) is 0 Å². The van der Waals surface area contributed by atoms with E-state index in [0.29, 0.717) is 6.54 Å². The fraction of sp³-hybridized carbons (Fsp3) is 0.867. The van der Waals surface area contributed by atoms with Crippen molar-refractivity contribution in [1.29, 1.82) is 0 Å². The number of esters is 1. The maximum Gasteiger partial charge on any atom is 0.328 e. The van der Waals surface area contributed by atoms with Crippen LogP contribution < -0.4 is 10.6 Å². The van der Waals surface area contributed by atoms with Crippen molar-refractivity contribution in [2.45, 2.75) is 46.6 Å². The largest absolute Gasteiger partial charge is 0.467 e. The number of nitrogens with one attached hydrogen (secondary N) is 2. The van der Waals surface area contributed by atoms with Gasteiger partial charge in [-0.25, -0.2) is 9.59 Å². The number of carbonyl (C=O) groups excluding carboxylic acids is 2. The number of nitrogens with zero attached hydrogens (tertiary/aromatic N) is 1. The van der Waals surface area contributed by atoms with E-state index in [0.717, 1.165) is 32.5 Å². The van der Waals surface area contributed by atoms with E-state index in [2.05, 4.69) is 29.4 Å². The summed E-state index contributed by atoms with van der Waals surface area (Å²) in [7, 11) is 1.33. The Labute approximate surface area is 128 Å². The van der Waals surface area contributed by atoms with Crippen LogP contribution in [0.4, 0.5) is 4.79 Å². The van der Waals surface area contributed by atoms with Crippen molar-refractivity contribution in [1.82, 2.24) is 15.5 Å². The molecular formula is C15H31N3O3. The van der Waals surface area contributed by atoms with Crippen LogP contribution in [0.15, 0.2) is 0 Å². The lowest BCUT2D eigenvalue weighted by molar-refractivity contribution is -0.144. The molecule has 6 heteroatoms. The van der Waals surface area contributed by atoms with E-state index in [9.17, 15) is 9.59 Å². The average Bonchev–Trinajstić information content (AvgIpc) is 2.51. The number of rotatable bonds is 10. The fourth-order valence-electron chi connectivity index (χ4n) is 2.03. The summed E-state index contributed by atoms with van der Waals surface area (Å²) >= 11 is 0. The Balaban J connectivity index is 4.12. The molecule has 2 N–H and O–H groups in total. The lowest BCUT2D eigenvalue weighted by atomic mass is 9.99. The van der Waals surface area contributed by atoms with Gasteiger partial charge in [-0.1, -0.05) is 34.1 Å². The summed E-state index contributed by atoms with van der Waals surface area (Å²) < 4.78 is 4.73. The van der Waals surface area contributed by atoms with Crippen LogP contribution in [-0.4, -0.2) is 56.2 Å². The molecule has 0 aliphatic rings. The Morgan fingerprint density at radius 2 is 1.81 bits per heavy atom. The molecule has 0 saturated carbocycles. The summed E-state index contributed by atoms with van der Waals surface area (Å²) in [6.07, 6.45) is 1.68. The molecule has 0 radical (unpaired) electrons. The molecule has 0 heterocycles. The van der Waals surface area contributed by atoms with Crippen LogP contribution in [-0.2, 0) is 9.53 Å². The van der Waals surface area contributed by atoms with Crippen LogP contribution in [0.1, 0.15) is 40.5 Å². The number of ether oxygens (including phenoxy) is 1. The smallest absolute Gasteiger partial charge is 0.328 e. The molecule has 0 bridgehead atoms. The molecule has 2 unspecified atom stereocenters. The van der Waals surface area contributed by atoms with E-state index >= 15 is 0 Å². The molecule has 0 aliphatic carbocycles. The first-order chi connectivity index (χ1) is 9.99. The van der Waals surface area contributed by atoms with E-state index in [-0.39, 0.29) is 11.9 Å². The second-order valence-corrected chi connectivity index (χ2v) is 5.17. The summed E-state index contributed by atoms with van der Waals surface area (Å²) in [5.41, 5.74) is 0. The quantitative estimate of drug-likeness (QED) is 0.475. The molecule has 0 aliphatic heterocycles. The molecule has 0 fully saturated rings. The number of amides is 2. The van der Waals surface area contributed by atoms with Gasteiger partial charge >= 0.3 is 12.0 Å². The van der Waals surface area contributed by atoms with Crippen LogP contribution >= 0.6 is 0 Å². The van der Waals surface area contributed by atoms with E-state index in [4.69, 9.17) is 4.74 Å². The number of hydrogen-bond acceptors (Lipinski definition) is 4. The van der Waals surface area contributed by atoms with E-state index in [1.165, 1.54) is 7.11 Å². The lowest BCUT2D eigenvalue weighted by Gasteiger charge is -2.22. The first kappa shape index (κ1) is 19.7. The van der Waals surface area contributed by atoms with E-state index in [1.807, 2.05) is 13.8 Å². The number of hydrogen-bond donors (Lipinski definition) is 2. The van der Waals surface area contributed by atoms with Crippen molar-refractivity contribution in [3.05, 3.63) is 0 Å². The summed E-state index contributed by atoms with van der Waals surface area (Å²) in [5, 5.41) is 5.49. The Kier molecular flexibility index (Phi) is 10.7. The zero-order valence-electron chi connectivity index (χ0n) is 14.1. The SMILES string of the molecule is CCC(C)C(NC(=O)NCCCN(CC)CC)C(=O)OC. The van der Waals surface area contributed by atoms with Crippen molar-refractivity contribution in [3.8, 4) is 0 Å². The van der Waals surface area contributed by atoms with Crippen LogP contribution in [0.5, 0.6) is 0 Å². The lowest BCUT2D eigenvalue weighted by Crippen LogP contribution is -2.49. The Bertz CT molecular complexity index is 307. The van der Waals surface area contributed by atoms with E-state index < -0.39 is 12.0 Å². The molecule has 6 nitrogen and oxygen atoms in total. The van der Waals surface area contributed by atoms with Gasteiger partial charge in [0, 0.05) is 6.54 Å². The van der Waals surface area contributed by atoms with Gasteiger partial charge in [0.2, 0.25) is 0 Å². The Morgan fingerprint density at radius 1 is 1.19 bits per heavy atom. The first-order valence-corrected chi connectivity index (χ1v) is 7.84. The third kappa shape index (κ3) is 7.90. The van der Waals surface area contributed by atoms with Gasteiger partial charge in [-0.3, -0.25) is 0 Å². The van der Waals surface area contributed by atoms with Gasteiger partial charge in [-0.2, -0.15) is 0 Å². The highest BCUT2D eigenvalue weighted by Gasteiger charge is 2.26. The van der Waals surface area contributed by atoms with E-state index in [1.54, 1.807) is 0 Å². The molecule has 0 saturated heterocycles. The van der Waals surface area contributed by atoms with Crippen molar-refractivity contribution in [2.75, 3.05) is 33.3 Å². The number of urea groups is 1. The normalized spacial score (nSPS) is 13.6. The van der Waals surface area contributed by atoms with Crippen LogP contribution in [0.25, 0.3) is 0 Å². The second-order valence-electron chi connectivity index (χ2n) is 5.17. The zero-order valence-corrected chi connectivity index (χ0v) is 14.1. The number of methoxy groups -OCH3 is 1. The topological polar surface area (TPSA) is 70.7 Å². The van der Waals surface area contributed by atoms with Crippen molar-refractivity contribution >= 4 is 12.0 Å². The molecule has 21 heavy (non-hydrogen) atoms. The Morgan fingerprint density at radius 3 is 2.29 bits per heavy atom. The summed E-state index contributed by atoms with van der Waals surface area (Å²) in [6.45, 7) is 11.7. The third-order valence-electron chi connectivity index (χ3n) is 3.79. The summed E-state index contributed by atoms with van der Waals surface area (Å²) in [6, 6.07) is -0.909. The summed E-state index contributed by atoms with van der Waals surface area (Å²) in [4.78, 5) is 25.8. The standard InChI is InChI=1S/C15H31N3O3/c1-6-12(4)13(14(19)21-5)17-15(20)16-10-9-11-18(7-2)8-3/h12-13H,6-11H2,1-5H3,(H2,16,17,20). The molecular weight excluding hydrogens is 270 g/mol. The van der Waals surface area contributed by atoms with Crippen molar-refractivity contribution in [2.24, 2.45) is 5.92 Å². The van der Waals surface area contributed by atoms with Gasteiger partial charge in [-0.15, -0.1) is 0 Å². The van der Waals surface area contributed by atoms with Gasteiger partial charge in [-0.05, 0) is 32.0 Å². The highest BCUT2D eigenvalue weighted by Crippen LogP contribution is 2.08. The number of carbonyl (C=O) groups is 2. The first-order valence-electron chi connectivity index (χ1n) is 7.84. The van der Waals surface area contributed by atoms with Gasteiger partial charge in [0.15, 0.2) is 0 Å². The van der Waals surface area contributed by atoms with Gasteiger partial charge in [0.05, 0.1) is 7.11 Å². The minimum absolute atomic E-state index is 0.0406. The van der Waals surface area contributed by atoms with Crippen molar-refractivity contribution < 1.29 is 14.3 Å². The van der Waals surface area contributed by atoms with Gasteiger partial charge < -0.3 is 20.3 Å². The van der Waals surface area contributed by atoms with Crippen molar-refractivity contribution in [3.63, 3.8) is 0 Å². The average molecular weight is 301 g/mol. The molecule has 0 aromatic rings. The van der Waals surface area contributed by atoms with Crippen LogP contribution in [0.3, 0.4) is 0 Å². The highest BCUT2D eigenvalue weighted by atomic mass is 16.5. The second kappa shape index (κ2) is 11.4. The summed E-state index contributed by atoms with van der Waals surface area (Å²) in [5.74, 6) is -0.360. The molecule has 0 aromatic heterocycles. The minimum atomic E-state index is -0.595. The molecule has 0 rings (SSSR count). The predicted octanol–water partition coefficient (Wildman–Crippen LogP) is 1.61. The molecule has 0 spiro atoms. The monoisotopic (exact) mass is 301 g/mol. The van der Waals surface area contributed by atoms with Gasteiger partial charge in [0.25, 0.3) is 0 Å². The maximum absolute atomic E-state index is 11.8. The third-order valence-corrected chi connectivity index (χ3v) is 3.79. The molecule has 0 aromatic carbocycles. The molecule has 2 amide bonds. The minimum Gasteiger partial charge on any atom is -0.467 e. The van der Waals surface area contributed by atoms with Crippen LogP contribution in [0, 0.1) is 5.92 Å². The molecule has 2 atom stereocenters. The highest BCUT2D eigenvalue weighted by molar-refractivity contribution is 5.83. The zero-order chi connectivity index (χ0) is 16.3. The fourth-order valence-corrected chi connectivity index (χ4v) is 2.03. The van der Waals surface area contributed by atoms with Gasteiger partial charge in [0.1, 0.15) is 6.04 Å². The predicted molar refractivity (Wildman–Crippen MR) is 84.2 cm³/mol. The maximum atomic E-state index is 11.8. The Hall–Kier alpha value is -1.30.